The van der Waals surface area contributed by atoms with Crippen LogP contribution in [0.2, 0.25) is 0 Å². The molecule has 0 aromatic heterocycles. The predicted molar refractivity (Wildman–Crippen MR) is 67.6 cm³/mol. The van der Waals surface area contributed by atoms with Crippen LogP contribution < -0.4 is 10.1 Å². The molecule has 0 heterocycles. The summed E-state index contributed by atoms with van der Waals surface area (Å²) in [5, 5.41) is 3.28. The minimum atomic E-state index is -2.80. The molecular formula is C14H17F2NO. The van der Waals surface area contributed by atoms with Gasteiger partial charge in [-0.1, -0.05) is 19.1 Å². The third-order valence-corrected chi connectivity index (χ3v) is 2.51. The van der Waals surface area contributed by atoms with Gasteiger partial charge in [0.05, 0.1) is 0 Å². The highest BCUT2D eigenvalue weighted by molar-refractivity contribution is 5.30. The van der Waals surface area contributed by atoms with E-state index in [1.165, 1.54) is 6.07 Å². The fourth-order valence-corrected chi connectivity index (χ4v) is 1.77. The predicted octanol–water partition coefficient (Wildman–Crippen LogP) is 3.35. The molecule has 0 bridgehead atoms. The number of halogens is 2. The molecule has 0 aliphatic carbocycles. The highest BCUT2D eigenvalue weighted by Crippen LogP contribution is 2.23. The average molecular weight is 253 g/mol. The molecule has 1 N–H and O–H groups in total. The molecule has 0 saturated heterocycles. The summed E-state index contributed by atoms with van der Waals surface area (Å²) < 4.78 is 28.7. The number of hydrogen-bond acceptors (Lipinski definition) is 2. The van der Waals surface area contributed by atoms with Crippen molar-refractivity contribution in [3.63, 3.8) is 0 Å². The summed E-state index contributed by atoms with van der Waals surface area (Å²) in [7, 11) is 0. The highest BCUT2D eigenvalue weighted by atomic mass is 19.3. The lowest BCUT2D eigenvalue weighted by Crippen LogP contribution is -2.20. The van der Waals surface area contributed by atoms with Crippen molar-refractivity contribution in [2.24, 2.45) is 0 Å². The Labute approximate surface area is 106 Å². The van der Waals surface area contributed by atoms with E-state index in [4.69, 9.17) is 6.42 Å². The number of ether oxygens (including phenoxy) is 1. The first-order chi connectivity index (χ1) is 8.67. The van der Waals surface area contributed by atoms with Crippen LogP contribution in [0.4, 0.5) is 8.78 Å². The van der Waals surface area contributed by atoms with Crippen LogP contribution >= 0.6 is 0 Å². The fourth-order valence-electron chi connectivity index (χ4n) is 1.77. The third-order valence-electron chi connectivity index (χ3n) is 2.51. The van der Waals surface area contributed by atoms with Gasteiger partial charge in [0, 0.05) is 12.5 Å². The number of nitrogens with one attached hydrogen (secondary N) is 1. The quantitative estimate of drug-likeness (QED) is 0.752. The van der Waals surface area contributed by atoms with Gasteiger partial charge in [0.1, 0.15) is 5.75 Å². The van der Waals surface area contributed by atoms with Gasteiger partial charge in [0.2, 0.25) is 0 Å². The molecule has 0 spiro atoms. The monoisotopic (exact) mass is 253 g/mol. The Kier molecular flexibility index (Phi) is 6.16. The molecule has 0 aliphatic heterocycles. The van der Waals surface area contributed by atoms with E-state index in [-0.39, 0.29) is 11.8 Å². The second-order valence-electron chi connectivity index (χ2n) is 3.80. The number of terminal acetylenes is 1. The lowest BCUT2D eigenvalue weighted by Gasteiger charge is -2.18. The Morgan fingerprint density at radius 2 is 2.22 bits per heavy atom. The summed E-state index contributed by atoms with van der Waals surface area (Å²) in [6.07, 6.45) is 6.65. The second-order valence-corrected chi connectivity index (χ2v) is 3.80. The van der Waals surface area contributed by atoms with Crippen molar-refractivity contribution in [1.82, 2.24) is 5.32 Å². The Hall–Kier alpha value is -1.60. The summed E-state index contributed by atoms with van der Waals surface area (Å²) in [5.41, 5.74) is 0.908. The van der Waals surface area contributed by atoms with E-state index in [0.29, 0.717) is 6.42 Å². The van der Waals surface area contributed by atoms with E-state index >= 15 is 0 Å². The molecule has 98 valence electrons. The molecule has 0 amide bonds. The Morgan fingerprint density at radius 1 is 1.44 bits per heavy atom. The van der Waals surface area contributed by atoms with Gasteiger partial charge in [-0.05, 0) is 30.7 Å². The lowest BCUT2D eigenvalue weighted by atomic mass is 10.0. The van der Waals surface area contributed by atoms with Crippen LogP contribution in [0.25, 0.3) is 0 Å². The molecule has 2 nitrogen and oxygen atoms in total. The minimum absolute atomic E-state index is 0.0623. The maximum absolute atomic E-state index is 12.1. The van der Waals surface area contributed by atoms with Gasteiger partial charge in [-0.25, -0.2) is 0 Å². The SMILES string of the molecule is C#CCCC(NCC)c1cccc(OC(F)F)c1. The highest BCUT2D eigenvalue weighted by Gasteiger charge is 2.11. The third kappa shape index (κ3) is 4.72. The standard InChI is InChI=1S/C14H17F2NO/c1-3-5-9-13(17-4-2)11-7-6-8-12(10-11)18-14(15)16/h1,6-8,10,13-14,17H,4-5,9H2,2H3. The average Bonchev–Trinajstić information content (AvgIpc) is 2.34. The van der Waals surface area contributed by atoms with E-state index in [2.05, 4.69) is 16.0 Å². The Morgan fingerprint density at radius 3 is 2.83 bits per heavy atom. The molecule has 1 atom stereocenters. The Bertz CT molecular complexity index is 401. The summed E-state index contributed by atoms with van der Waals surface area (Å²) >= 11 is 0. The minimum Gasteiger partial charge on any atom is -0.435 e. The maximum atomic E-state index is 12.1. The van der Waals surface area contributed by atoms with Gasteiger partial charge in [0.15, 0.2) is 0 Å². The first-order valence-corrected chi connectivity index (χ1v) is 5.89. The first-order valence-electron chi connectivity index (χ1n) is 5.89. The molecule has 1 unspecified atom stereocenters. The van der Waals surface area contributed by atoms with E-state index in [1.807, 2.05) is 13.0 Å². The maximum Gasteiger partial charge on any atom is 0.387 e. The molecule has 0 fully saturated rings. The molecule has 1 rings (SSSR count). The molecule has 0 aliphatic rings. The van der Waals surface area contributed by atoms with E-state index in [9.17, 15) is 8.78 Å². The molecule has 4 heteroatoms. The molecular weight excluding hydrogens is 236 g/mol. The summed E-state index contributed by atoms with van der Waals surface area (Å²) in [6.45, 7) is -0.0269. The van der Waals surface area contributed by atoms with Crippen LogP contribution in [-0.4, -0.2) is 13.2 Å². The van der Waals surface area contributed by atoms with E-state index < -0.39 is 6.61 Å². The zero-order valence-electron chi connectivity index (χ0n) is 10.3. The normalized spacial score (nSPS) is 12.2. The van der Waals surface area contributed by atoms with E-state index in [1.54, 1.807) is 12.1 Å². The van der Waals surface area contributed by atoms with Crippen molar-refractivity contribution < 1.29 is 13.5 Å². The van der Waals surface area contributed by atoms with Gasteiger partial charge in [0.25, 0.3) is 0 Å². The second kappa shape index (κ2) is 7.67. The number of hydrogen-bond donors (Lipinski definition) is 1. The van der Waals surface area contributed by atoms with Gasteiger partial charge >= 0.3 is 6.61 Å². The smallest absolute Gasteiger partial charge is 0.387 e. The van der Waals surface area contributed by atoms with Crippen LogP contribution in [0.15, 0.2) is 24.3 Å². The largest absolute Gasteiger partial charge is 0.435 e. The van der Waals surface area contributed by atoms with Crippen LogP contribution in [-0.2, 0) is 0 Å². The Balaban J connectivity index is 2.80. The first kappa shape index (κ1) is 14.5. The summed E-state index contributed by atoms with van der Waals surface area (Å²) in [4.78, 5) is 0. The molecule has 1 aromatic carbocycles. The van der Waals surface area contributed by atoms with Gasteiger partial charge in [-0.2, -0.15) is 8.78 Å². The van der Waals surface area contributed by atoms with Gasteiger partial charge in [-0.3, -0.25) is 0 Å². The van der Waals surface area contributed by atoms with Crippen molar-refractivity contribution in [3.05, 3.63) is 29.8 Å². The van der Waals surface area contributed by atoms with Crippen molar-refractivity contribution in [1.29, 1.82) is 0 Å². The fraction of sp³-hybridized carbons (Fsp3) is 0.429. The zero-order valence-corrected chi connectivity index (χ0v) is 10.3. The number of rotatable bonds is 7. The van der Waals surface area contributed by atoms with Crippen LogP contribution in [0, 0.1) is 12.3 Å². The van der Waals surface area contributed by atoms with Crippen molar-refractivity contribution in [3.8, 4) is 18.1 Å². The topological polar surface area (TPSA) is 21.3 Å². The van der Waals surface area contributed by atoms with Crippen LogP contribution in [0.1, 0.15) is 31.4 Å². The van der Waals surface area contributed by atoms with Gasteiger partial charge in [-0.15, -0.1) is 12.3 Å². The molecule has 18 heavy (non-hydrogen) atoms. The number of alkyl halides is 2. The van der Waals surface area contributed by atoms with Crippen molar-refractivity contribution >= 4 is 0 Å². The zero-order chi connectivity index (χ0) is 13.4. The molecule has 1 aromatic rings. The van der Waals surface area contributed by atoms with E-state index in [0.717, 1.165) is 18.5 Å². The number of benzene rings is 1. The molecule has 0 radical (unpaired) electrons. The van der Waals surface area contributed by atoms with Gasteiger partial charge < -0.3 is 10.1 Å². The van der Waals surface area contributed by atoms with Crippen molar-refractivity contribution in [2.75, 3.05) is 6.54 Å². The summed E-state index contributed by atoms with van der Waals surface area (Å²) in [6, 6.07) is 6.78. The van der Waals surface area contributed by atoms with Crippen molar-refractivity contribution in [2.45, 2.75) is 32.4 Å². The lowest BCUT2D eigenvalue weighted by molar-refractivity contribution is -0.0499. The van der Waals surface area contributed by atoms with Crippen LogP contribution in [0.5, 0.6) is 5.75 Å². The molecule has 0 saturated carbocycles. The van der Waals surface area contributed by atoms with Crippen LogP contribution in [0.3, 0.4) is 0 Å². The summed E-state index contributed by atoms with van der Waals surface area (Å²) in [5.74, 6) is 2.75.